The van der Waals surface area contributed by atoms with Crippen LogP contribution in [-0.4, -0.2) is 24.3 Å². The lowest BCUT2D eigenvalue weighted by atomic mass is 10.0. The lowest BCUT2D eigenvalue weighted by Crippen LogP contribution is -2.25. The van der Waals surface area contributed by atoms with E-state index < -0.39 is 0 Å². The van der Waals surface area contributed by atoms with Gasteiger partial charge in [0.25, 0.3) is 0 Å². The fraction of sp³-hybridized carbons (Fsp3) is 0.571. The van der Waals surface area contributed by atoms with Crippen LogP contribution in [0.1, 0.15) is 31.9 Å². The summed E-state index contributed by atoms with van der Waals surface area (Å²) in [6.45, 7) is 5.84. The van der Waals surface area contributed by atoms with E-state index in [4.69, 9.17) is 5.73 Å². The minimum Gasteiger partial charge on any atom is -0.393 e. The van der Waals surface area contributed by atoms with E-state index in [1.807, 2.05) is 19.9 Å². The van der Waals surface area contributed by atoms with Crippen LogP contribution in [0.5, 0.6) is 0 Å². The van der Waals surface area contributed by atoms with Crippen LogP contribution in [0.2, 0.25) is 0 Å². The molecule has 1 saturated heterocycles. The number of aliphatic hydroxyl groups is 1. The van der Waals surface area contributed by atoms with Crippen LogP contribution in [0.3, 0.4) is 0 Å². The molecule has 0 aliphatic carbocycles. The minimum atomic E-state index is -0.220. The lowest BCUT2D eigenvalue weighted by molar-refractivity contribution is 0.136. The Morgan fingerprint density at radius 2 is 2.06 bits per heavy atom. The number of hydrogen-bond acceptors (Lipinski definition) is 3. The second-order valence-corrected chi connectivity index (χ2v) is 5.08. The van der Waals surface area contributed by atoms with Crippen LogP contribution in [-0.2, 0) is 0 Å². The molecule has 1 aromatic rings. The zero-order valence-electron chi connectivity index (χ0n) is 10.6. The molecule has 1 aromatic carbocycles. The molecule has 0 amide bonds. The molecule has 1 aliphatic rings. The Hall–Kier alpha value is -1.06. The van der Waals surface area contributed by atoms with E-state index in [9.17, 15) is 5.11 Å². The Balaban J connectivity index is 2.18. The quantitative estimate of drug-likeness (QED) is 0.840. The van der Waals surface area contributed by atoms with Gasteiger partial charge in [-0.2, -0.15) is 0 Å². The minimum absolute atomic E-state index is 0.0526. The molecular formula is C14H22N2O. The zero-order valence-corrected chi connectivity index (χ0v) is 10.6. The first kappa shape index (κ1) is 12.4. The predicted octanol–water partition coefficient (Wildman–Crippen LogP) is 1.91. The molecule has 0 radical (unpaired) electrons. The monoisotopic (exact) mass is 234 g/mol. The highest BCUT2D eigenvalue weighted by Gasteiger charge is 2.27. The van der Waals surface area contributed by atoms with Gasteiger partial charge in [0.1, 0.15) is 0 Å². The lowest BCUT2D eigenvalue weighted by Gasteiger charge is -2.24. The van der Waals surface area contributed by atoms with E-state index in [1.165, 1.54) is 11.3 Å². The number of nitrogens with zero attached hydrogens (tertiary/aromatic N) is 1. The summed E-state index contributed by atoms with van der Waals surface area (Å²) >= 11 is 0. The van der Waals surface area contributed by atoms with Crippen LogP contribution < -0.4 is 10.6 Å². The SMILES string of the molecule is CC(O)C1CCN(c2ccccc2[C@@H](C)N)C1. The molecule has 94 valence electrons. The Morgan fingerprint density at radius 1 is 1.35 bits per heavy atom. The largest absolute Gasteiger partial charge is 0.393 e. The molecule has 3 nitrogen and oxygen atoms in total. The third kappa shape index (κ3) is 2.61. The summed E-state index contributed by atoms with van der Waals surface area (Å²) in [6.07, 6.45) is 0.841. The number of hydrogen-bond donors (Lipinski definition) is 2. The molecule has 0 bridgehead atoms. The van der Waals surface area contributed by atoms with E-state index in [0.717, 1.165) is 19.5 Å². The van der Waals surface area contributed by atoms with Crippen LogP contribution in [0, 0.1) is 5.92 Å². The van der Waals surface area contributed by atoms with Crippen molar-refractivity contribution in [3.8, 4) is 0 Å². The van der Waals surface area contributed by atoms with Gasteiger partial charge >= 0.3 is 0 Å². The van der Waals surface area contributed by atoms with Crippen molar-refractivity contribution in [2.75, 3.05) is 18.0 Å². The van der Waals surface area contributed by atoms with Gasteiger partial charge in [-0.25, -0.2) is 0 Å². The van der Waals surface area contributed by atoms with Gasteiger partial charge in [0.05, 0.1) is 6.10 Å². The highest BCUT2D eigenvalue weighted by atomic mass is 16.3. The molecule has 2 rings (SSSR count). The van der Waals surface area contributed by atoms with Gasteiger partial charge in [-0.3, -0.25) is 0 Å². The van der Waals surface area contributed by atoms with Crippen molar-refractivity contribution in [2.24, 2.45) is 11.7 Å². The number of anilines is 1. The second kappa shape index (κ2) is 5.07. The van der Waals surface area contributed by atoms with Crippen molar-refractivity contribution in [3.05, 3.63) is 29.8 Å². The summed E-state index contributed by atoms with van der Waals surface area (Å²) in [4.78, 5) is 2.34. The summed E-state index contributed by atoms with van der Waals surface area (Å²) < 4.78 is 0. The van der Waals surface area contributed by atoms with E-state index in [2.05, 4.69) is 23.1 Å². The molecular weight excluding hydrogens is 212 g/mol. The van der Waals surface area contributed by atoms with Crippen molar-refractivity contribution in [1.29, 1.82) is 0 Å². The Labute approximate surface area is 103 Å². The molecule has 17 heavy (non-hydrogen) atoms. The smallest absolute Gasteiger partial charge is 0.0557 e. The molecule has 0 spiro atoms. The summed E-state index contributed by atoms with van der Waals surface area (Å²) in [5.41, 5.74) is 8.42. The summed E-state index contributed by atoms with van der Waals surface area (Å²) in [5, 5.41) is 9.64. The first-order valence-corrected chi connectivity index (χ1v) is 6.37. The Morgan fingerprint density at radius 3 is 2.65 bits per heavy atom. The molecule has 0 saturated carbocycles. The number of para-hydroxylation sites is 1. The fourth-order valence-electron chi connectivity index (χ4n) is 2.56. The first-order valence-electron chi connectivity index (χ1n) is 6.37. The number of benzene rings is 1. The topological polar surface area (TPSA) is 49.5 Å². The maximum atomic E-state index is 9.64. The fourth-order valence-corrected chi connectivity index (χ4v) is 2.56. The third-order valence-corrected chi connectivity index (χ3v) is 3.67. The second-order valence-electron chi connectivity index (χ2n) is 5.08. The normalized spacial score (nSPS) is 23.8. The standard InChI is InChI=1S/C14H22N2O/c1-10(15)13-5-3-4-6-14(13)16-8-7-12(9-16)11(2)17/h3-6,10-12,17H,7-9,15H2,1-2H3/t10-,11?,12?/m1/s1. The van der Waals surface area contributed by atoms with Gasteiger partial charge in [-0.05, 0) is 31.9 Å². The third-order valence-electron chi connectivity index (χ3n) is 3.67. The van der Waals surface area contributed by atoms with E-state index in [0.29, 0.717) is 5.92 Å². The maximum absolute atomic E-state index is 9.64. The molecule has 1 aliphatic heterocycles. The van der Waals surface area contributed by atoms with Crippen molar-refractivity contribution in [2.45, 2.75) is 32.4 Å². The van der Waals surface area contributed by atoms with Crippen molar-refractivity contribution < 1.29 is 5.11 Å². The summed E-state index contributed by atoms with van der Waals surface area (Å²) in [7, 11) is 0. The molecule has 3 N–H and O–H groups in total. The summed E-state index contributed by atoms with van der Waals surface area (Å²) in [5.74, 6) is 0.385. The Bertz CT molecular complexity index is 376. The zero-order chi connectivity index (χ0) is 12.4. The highest BCUT2D eigenvalue weighted by Crippen LogP contribution is 2.30. The number of rotatable bonds is 3. The average Bonchev–Trinajstić information content (AvgIpc) is 2.78. The van der Waals surface area contributed by atoms with E-state index in [-0.39, 0.29) is 12.1 Å². The predicted molar refractivity (Wildman–Crippen MR) is 71.0 cm³/mol. The maximum Gasteiger partial charge on any atom is 0.0557 e. The average molecular weight is 234 g/mol. The van der Waals surface area contributed by atoms with Crippen LogP contribution in [0.15, 0.2) is 24.3 Å². The molecule has 2 unspecified atom stereocenters. The van der Waals surface area contributed by atoms with Gasteiger partial charge in [0.2, 0.25) is 0 Å². The van der Waals surface area contributed by atoms with Gasteiger partial charge < -0.3 is 15.7 Å². The van der Waals surface area contributed by atoms with Gasteiger partial charge in [0, 0.05) is 30.7 Å². The summed E-state index contributed by atoms with van der Waals surface area (Å²) in [6, 6.07) is 8.36. The molecule has 0 aromatic heterocycles. The van der Waals surface area contributed by atoms with Crippen molar-refractivity contribution >= 4 is 5.69 Å². The van der Waals surface area contributed by atoms with Crippen LogP contribution >= 0.6 is 0 Å². The van der Waals surface area contributed by atoms with Gasteiger partial charge in [-0.15, -0.1) is 0 Å². The highest BCUT2D eigenvalue weighted by molar-refractivity contribution is 5.55. The van der Waals surface area contributed by atoms with Crippen molar-refractivity contribution in [1.82, 2.24) is 0 Å². The Kier molecular flexibility index (Phi) is 3.69. The molecule has 1 heterocycles. The van der Waals surface area contributed by atoms with Crippen LogP contribution in [0.4, 0.5) is 5.69 Å². The molecule has 1 fully saturated rings. The van der Waals surface area contributed by atoms with Gasteiger partial charge in [0.15, 0.2) is 0 Å². The van der Waals surface area contributed by atoms with Gasteiger partial charge in [-0.1, -0.05) is 18.2 Å². The molecule has 3 atom stereocenters. The molecule has 3 heteroatoms. The number of aliphatic hydroxyl groups excluding tert-OH is 1. The van der Waals surface area contributed by atoms with Crippen LogP contribution in [0.25, 0.3) is 0 Å². The number of nitrogens with two attached hydrogens (primary N) is 1. The van der Waals surface area contributed by atoms with E-state index in [1.54, 1.807) is 0 Å². The van der Waals surface area contributed by atoms with Crippen molar-refractivity contribution in [3.63, 3.8) is 0 Å². The first-order chi connectivity index (χ1) is 8.09. The van der Waals surface area contributed by atoms with E-state index >= 15 is 0 Å².